The fourth-order valence-electron chi connectivity index (χ4n) is 3.02. The van der Waals surface area contributed by atoms with E-state index in [9.17, 15) is 13.0 Å². The molecule has 4 rings (SSSR count). The van der Waals surface area contributed by atoms with Crippen LogP contribution in [-0.4, -0.2) is 31.7 Å². The van der Waals surface area contributed by atoms with E-state index in [4.69, 9.17) is 0 Å². The largest absolute Gasteiger partial charge is 0.338 e. The highest BCUT2D eigenvalue weighted by Gasteiger charge is 2.18. The third-order valence-corrected chi connectivity index (χ3v) is 6.78. The van der Waals surface area contributed by atoms with E-state index in [-0.39, 0.29) is 11.7 Å². The van der Waals surface area contributed by atoms with Crippen molar-refractivity contribution in [2.75, 3.05) is 11.5 Å². The number of nitrogens with one attached hydrogen (secondary N) is 2. The topological polar surface area (TPSA) is 57.8 Å². The Morgan fingerprint density at radius 2 is 2.08 bits per heavy atom. The first-order valence-corrected chi connectivity index (χ1v) is 10.5. The predicted octanol–water partition coefficient (Wildman–Crippen LogP) is 4.29. The Balaban J connectivity index is 1.60. The van der Waals surface area contributed by atoms with Crippen LogP contribution in [0.25, 0.3) is 22.2 Å². The summed E-state index contributed by atoms with van der Waals surface area (Å²) in [4.78, 5) is 7.48. The Hall–Kier alpha value is -1.77. The molecule has 0 bridgehead atoms. The average molecular weight is 393 g/mol. The molecule has 136 valence electrons. The maximum Gasteiger partial charge on any atom is 0.278 e. The molecule has 26 heavy (non-hydrogen) atoms. The number of thioether (sulfide) groups is 1. The van der Waals surface area contributed by atoms with E-state index in [1.807, 2.05) is 36.0 Å². The number of rotatable bonds is 5. The molecular formula is C18H17F2N3OS2. The summed E-state index contributed by atoms with van der Waals surface area (Å²) in [5.74, 6) is 2.09. The molecule has 0 saturated carbocycles. The van der Waals surface area contributed by atoms with Crippen molar-refractivity contribution < 1.29 is 13.0 Å². The lowest BCUT2D eigenvalue weighted by atomic mass is 10.0. The van der Waals surface area contributed by atoms with Gasteiger partial charge in [0.05, 0.1) is 10.6 Å². The molecule has 4 nitrogen and oxygen atoms in total. The number of halogens is 2. The lowest BCUT2D eigenvalue weighted by Gasteiger charge is -2.11. The van der Waals surface area contributed by atoms with E-state index in [1.165, 1.54) is 6.07 Å². The fourth-order valence-corrected chi connectivity index (χ4v) is 5.30. The minimum Gasteiger partial charge on any atom is -0.338 e. The third-order valence-electron chi connectivity index (χ3n) is 4.37. The van der Waals surface area contributed by atoms with Gasteiger partial charge in [-0.05, 0) is 47.6 Å². The number of pyridine rings is 1. The van der Waals surface area contributed by atoms with Crippen LogP contribution in [0.5, 0.6) is 0 Å². The third kappa shape index (κ3) is 3.54. The summed E-state index contributed by atoms with van der Waals surface area (Å²) in [6, 6.07) is 10.9. The second kappa shape index (κ2) is 7.46. The molecule has 2 N–H and O–H groups in total. The van der Waals surface area contributed by atoms with E-state index in [0.717, 1.165) is 29.1 Å². The van der Waals surface area contributed by atoms with Crippen LogP contribution in [0.1, 0.15) is 18.5 Å². The molecule has 1 aromatic carbocycles. The number of hydrogen-bond acceptors (Lipinski definition) is 3. The Bertz CT molecular complexity index is 937. The SMILES string of the molecule is O=S(NC1CCSC1)c1ccc(-c2ccnc3[nH]c(C(F)F)cc23)cc1. The predicted molar refractivity (Wildman–Crippen MR) is 102 cm³/mol. The number of aromatic nitrogens is 2. The van der Waals surface area contributed by atoms with E-state index >= 15 is 0 Å². The minimum atomic E-state index is -2.57. The molecule has 0 spiro atoms. The zero-order valence-corrected chi connectivity index (χ0v) is 15.4. The first kappa shape index (κ1) is 17.6. The number of aromatic amines is 1. The van der Waals surface area contributed by atoms with Crippen LogP contribution in [0.2, 0.25) is 0 Å². The highest BCUT2D eigenvalue weighted by molar-refractivity contribution is 7.99. The molecular weight excluding hydrogens is 376 g/mol. The number of hydrogen-bond donors (Lipinski definition) is 2. The van der Waals surface area contributed by atoms with Crippen LogP contribution in [-0.2, 0) is 11.0 Å². The first-order valence-electron chi connectivity index (χ1n) is 8.24. The van der Waals surface area contributed by atoms with Gasteiger partial charge in [-0.15, -0.1) is 0 Å². The van der Waals surface area contributed by atoms with Gasteiger partial charge < -0.3 is 4.98 Å². The van der Waals surface area contributed by atoms with Gasteiger partial charge in [0.2, 0.25) is 0 Å². The van der Waals surface area contributed by atoms with Crippen molar-refractivity contribution in [3.63, 3.8) is 0 Å². The minimum absolute atomic E-state index is 0.142. The number of nitrogens with zero attached hydrogens (tertiary/aromatic N) is 1. The molecule has 1 saturated heterocycles. The second-order valence-corrected chi connectivity index (χ2v) is 8.51. The van der Waals surface area contributed by atoms with E-state index in [1.54, 1.807) is 12.3 Å². The van der Waals surface area contributed by atoms with Crippen molar-refractivity contribution in [1.82, 2.24) is 14.7 Å². The zero-order chi connectivity index (χ0) is 18.1. The van der Waals surface area contributed by atoms with Crippen molar-refractivity contribution in [1.29, 1.82) is 0 Å². The summed E-state index contributed by atoms with van der Waals surface area (Å²) >= 11 is 1.86. The normalized spacial score (nSPS) is 18.7. The number of H-pyrrole nitrogens is 1. The molecule has 1 aliphatic rings. The van der Waals surface area contributed by atoms with Gasteiger partial charge in [0.15, 0.2) is 0 Å². The van der Waals surface area contributed by atoms with Gasteiger partial charge in [-0.25, -0.2) is 22.7 Å². The molecule has 0 amide bonds. The Kier molecular flexibility index (Phi) is 5.06. The maximum atomic E-state index is 12.9. The van der Waals surface area contributed by atoms with Crippen molar-refractivity contribution in [3.05, 3.63) is 48.3 Å². The molecule has 0 radical (unpaired) electrons. The Labute approximate surface area is 156 Å². The summed E-state index contributed by atoms with van der Waals surface area (Å²) in [5, 5.41) is 0.651. The molecule has 3 aromatic rings. The number of benzene rings is 1. The molecule has 2 atom stereocenters. The highest BCUT2D eigenvalue weighted by Crippen LogP contribution is 2.31. The van der Waals surface area contributed by atoms with Crippen molar-refractivity contribution in [3.8, 4) is 11.1 Å². The van der Waals surface area contributed by atoms with E-state index in [2.05, 4.69) is 14.7 Å². The number of alkyl halides is 2. The van der Waals surface area contributed by atoms with Gasteiger partial charge in [-0.1, -0.05) is 12.1 Å². The zero-order valence-electron chi connectivity index (χ0n) is 13.7. The van der Waals surface area contributed by atoms with Gasteiger partial charge >= 0.3 is 0 Å². The summed E-state index contributed by atoms with van der Waals surface area (Å²) in [5.41, 5.74) is 1.98. The summed E-state index contributed by atoms with van der Waals surface area (Å²) in [6.07, 6.45) is 0.0554. The lowest BCUT2D eigenvalue weighted by molar-refractivity contribution is 0.147. The Morgan fingerprint density at radius 3 is 2.77 bits per heavy atom. The molecule has 1 aliphatic heterocycles. The second-order valence-electron chi connectivity index (χ2n) is 6.12. The van der Waals surface area contributed by atoms with Crippen LogP contribution in [0, 0.1) is 0 Å². The van der Waals surface area contributed by atoms with Gasteiger partial charge in [-0.2, -0.15) is 11.8 Å². The van der Waals surface area contributed by atoms with Gasteiger partial charge in [0, 0.05) is 23.4 Å². The van der Waals surface area contributed by atoms with Gasteiger partial charge in [0.1, 0.15) is 16.6 Å². The molecule has 0 aliphatic carbocycles. The molecule has 8 heteroatoms. The van der Waals surface area contributed by atoms with Crippen LogP contribution in [0.3, 0.4) is 0 Å². The molecule has 2 aromatic heterocycles. The van der Waals surface area contributed by atoms with Crippen molar-refractivity contribution in [2.24, 2.45) is 0 Å². The van der Waals surface area contributed by atoms with E-state index < -0.39 is 17.4 Å². The monoisotopic (exact) mass is 393 g/mol. The Morgan fingerprint density at radius 1 is 1.27 bits per heavy atom. The standard InChI is InChI=1S/C18H17F2N3OS2/c19-17(20)16-9-15-14(5-7-21-18(15)22-16)11-1-3-13(4-2-11)26(24)23-12-6-8-25-10-12/h1-5,7,9,12,17,23H,6,8,10H2,(H,21,22). The lowest BCUT2D eigenvalue weighted by Crippen LogP contribution is -2.30. The van der Waals surface area contributed by atoms with Crippen molar-refractivity contribution >= 4 is 33.8 Å². The molecule has 3 heterocycles. The summed E-state index contributed by atoms with van der Waals surface area (Å²) < 4.78 is 41.5. The average Bonchev–Trinajstić information content (AvgIpc) is 3.30. The summed E-state index contributed by atoms with van der Waals surface area (Å²) in [6.45, 7) is 0. The smallest absolute Gasteiger partial charge is 0.278 e. The van der Waals surface area contributed by atoms with Gasteiger partial charge in [0.25, 0.3) is 6.43 Å². The number of fused-ring (bicyclic) bond motifs is 1. The summed E-state index contributed by atoms with van der Waals surface area (Å²) in [7, 11) is -1.25. The molecule has 1 fully saturated rings. The fraction of sp³-hybridized carbons (Fsp3) is 0.278. The quantitative estimate of drug-likeness (QED) is 0.680. The van der Waals surface area contributed by atoms with Crippen LogP contribution < -0.4 is 4.72 Å². The van der Waals surface area contributed by atoms with E-state index in [0.29, 0.717) is 15.9 Å². The van der Waals surface area contributed by atoms with Crippen LogP contribution >= 0.6 is 11.8 Å². The maximum absolute atomic E-state index is 12.9. The molecule has 2 unspecified atom stereocenters. The van der Waals surface area contributed by atoms with Gasteiger partial charge in [-0.3, -0.25) is 0 Å². The van der Waals surface area contributed by atoms with Crippen molar-refractivity contribution in [2.45, 2.75) is 23.8 Å². The van der Waals surface area contributed by atoms with Crippen LogP contribution in [0.4, 0.5) is 8.78 Å². The highest BCUT2D eigenvalue weighted by atomic mass is 32.2. The first-order chi connectivity index (χ1) is 12.6. The van der Waals surface area contributed by atoms with Crippen LogP contribution in [0.15, 0.2) is 47.5 Å².